The molecule has 0 heterocycles. The zero-order chi connectivity index (χ0) is 19.3. The minimum Gasteiger partial charge on any atom is -0.333 e. The van der Waals surface area contributed by atoms with Gasteiger partial charge in [-0.2, -0.15) is 0 Å². The molecule has 0 spiro atoms. The van der Waals surface area contributed by atoms with Gasteiger partial charge >= 0.3 is 0 Å². The van der Waals surface area contributed by atoms with E-state index in [2.05, 4.69) is 43.0 Å². The predicted octanol–water partition coefficient (Wildman–Crippen LogP) is 5.12. The SMILES string of the molecule is CCCCN(CCCC)CC(=O)N(Cc1ccccc1)Cc1ccccc1. The second-order valence-electron chi connectivity index (χ2n) is 7.20. The van der Waals surface area contributed by atoms with Crippen molar-refractivity contribution >= 4 is 5.91 Å². The molecule has 0 N–H and O–H groups in total. The van der Waals surface area contributed by atoms with Crippen LogP contribution in [0.4, 0.5) is 0 Å². The molecule has 2 rings (SSSR count). The number of rotatable bonds is 12. The van der Waals surface area contributed by atoms with Crippen molar-refractivity contribution in [2.45, 2.75) is 52.6 Å². The van der Waals surface area contributed by atoms with Gasteiger partial charge in [0, 0.05) is 13.1 Å². The molecule has 0 bridgehead atoms. The molecule has 146 valence electrons. The van der Waals surface area contributed by atoms with E-state index in [1.807, 2.05) is 41.3 Å². The van der Waals surface area contributed by atoms with Crippen molar-refractivity contribution < 1.29 is 4.79 Å². The standard InChI is InChI=1S/C24H34N2O/c1-3-5-17-25(18-6-4-2)21-24(27)26(19-22-13-9-7-10-14-22)20-23-15-11-8-12-16-23/h7-16H,3-6,17-21H2,1-2H3. The van der Waals surface area contributed by atoms with Gasteiger partial charge in [-0.25, -0.2) is 0 Å². The van der Waals surface area contributed by atoms with Crippen LogP contribution in [-0.2, 0) is 17.9 Å². The molecule has 1 amide bonds. The molecular weight excluding hydrogens is 332 g/mol. The van der Waals surface area contributed by atoms with E-state index in [0.717, 1.165) is 38.8 Å². The highest BCUT2D eigenvalue weighted by atomic mass is 16.2. The molecule has 0 radical (unpaired) electrons. The first-order valence-corrected chi connectivity index (χ1v) is 10.3. The number of carbonyl (C=O) groups is 1. The van der Waals surface area contributed by atoms with Gasteiger partial charge in [-0.05, 0) is 37.1 Å². The Balaban J connectivity index is 2.08. The fourth-order valence-corrected chi connectivity index (χ4v) is 3.16. The molecule has 0 aliphatic carbocycles. The second kappa shape index (κ2) is 12.3. The van der Waals surface area contributed by atoms with E-state index >= 15 is 0 Å². The second-order valence-corrected chi connectivity index (χ2v) is 7.20. The maximum absolute atomic E-state index is 13.2. The molecular formula is C24H34N2O. The summed E-state index contributed by atoms with van der Waals surface area (Å²) in [5.74, 6) is 0.218. The van der Waals surface area contributed by atoms with Crippen molar-refractivity contribution in [2.75, 3.05) is 19.6 Å². The lowest BCUT2D eigenvalue weighted by Gasteiger charge is -2.28. The van der Waals surface area contributed by atoms with E-state index in [0.29, 0.717) is 19.6 Å². The number of hydrogen-bond donors (Lipinski definition) is 0. The van der Waals surface area contributed by atoms with E-state index in [9.17, 15) is 4.79 Å². The number of benzene rings is 2. The lowest BCUT2D eigenvalue weighted by atomic mass is 10.1. The van der Waals surface area contributed by atoms with E-state index in [4.69, 9.17) is 0 Å². The molecule has 0 aliphatic rings. The molecule has 0 saturated carbocycles. The van der Waals surface area contributed by atoms with Crippen LogP contribution in [0.2, 0.25) is 0 Å². The first-order valence-electron chi connectivity index (χ1n) is 10.3. The number of nitrogens with zero attached hydrogens (tertiary/aromatic N) is 2. The number of carbonyl (C=O) groups excluding carboxylic acids is 1. The molecule has 0 aromatic heterocycles. The monoisotopic (exact) mass is 366 g/mol. The van der Waals surface area contributed by atoms with Crippen molar-refractivity contribution in [1.82, 2.24) is 9.80 Å². The molecule has 3 nitrogen and oxygen atoms in total. The van der Waals surface area contributed by atoms with Crippen LogP contribution in [0.15, 0.2) is 60.7 Å². The molecule has 2 aromatic carbocycles. The van der Waals surface area contributed by atoms with Crippen molar-refractivity contribution in [3.8, 4) is 0 Å². The highest BCUT2D eigenvalue weighted by Crippen LogP contribution is 2.12. The van der Waals surface area contributed by atoms with Gasteiger partial charge in [0.25, 0.3) is 0 Å². The first-order chi connectivity index (χ1) is 13.2. The van der Waals surface area contributed by atoms with Gasteiger partial charge < -0.3 is 4.90 Å². The highest BCUT2D eigenvalue weighted by molar-refractivity contribution is 5.78. The summed E-state index contributed by atoms with van der Waals surface area (Å²) in [7, 11) is 0. The van der Waals surface area contributed by atoms with E-state index in [-0.39, 0.29) is 5.91 Å². The Kier molecular flexibility index (Phi) is 9.64. The molecule has 0 aliphatic heterocycles. The van der Waals surface area contributed by atoms with Gasteiger partial charge in [-0.1, -0.05) is 87.4 Å². The zero-order valence-electron chi connectivity index (χ0n) is 16.9. The Labute approximate surface area is 165 Å². The average Bonchev–Trinajstić information content (AvgIpc) is 2.71. The minimum absolute atomic E-state index is 0.218. The van der Waals surface area contributed by atoms with E-state index in [1.165, 1.54) is 11.1 Å². The Morgan fingerprint density at radius 2 is 1.19 bits per heavy atom. The van der Waals surface area contributed by atoms with Gasteiger partial charge in [0.05, 0.1) is 6.54 Å². The van der Waals surface area contributed by atoms with Crippen LogP contribution in [0.3, 0.4) is 0 Å². The van der Waals surface area contributed by atoms with Crippen LogP contribution in [0.1, 0.15) is 50.7 Å². The molecule has 0 fully saturated rings. The van der Waals surface area contributed by atoms with Crippen LogP contribution >= 0.6 is 0 Å². The van der Waals surface area contributed by atoms with Crippen molar-refractivity contribution in [3.05, 3.63) is 71.8 Å². The lowest BCUT2D eigenvalue weighted by Crippen LogP contribution is -2.40. The number of unbranched alkanes of at least 4 members (excludes halogenated alkanes) is 2. The molecule has 2 aromatic rings. The Bertz CT molecular complexity index is 592. The summed E-state index contributed by atoms with van der Waals surface area (Å²) < 4.78 is 0. The summed E-state index contributed by atoms with van der Waals surface area (Å²) in [6, 6.07) is 20.6. The van der Waals surface area contributed by atoms with Crippen LogP contribution in [-0.4, -0.2) is 35.3 Å². The quantitative estimate of drug-likeness (QED) is 0.521. The largest absolute Gasteiger partial charge is 0.333 e. The minimum atomic E-state index is 0.218. The molecule has 0 atom stereocenters. The summed E-state index contributed by atoms with van der Waals surface area (Å²) >= 11 is 0. The van der Waals surface area contributed by atoms with Gasteiger partial charge in [-0.15, -0.1) is 0 Å². The van der Waals surface area contributed by atoms with Gasteiger partial charge in [0.15, 0.2) is 0 Å². The fourth-order valence-electron chi connectivity index (χ4n) is 3.16. The smallest absolute Gasteiger partial charge is 0.237 e. The third kappa shape index (κ3) is 7.96. The topological polar surface area (TPSA) is 23.6 Å². The zero-order valence-corrected chi connectivity index (χ0v) is 16.9. The van der Waals surface area contributed by atoms with Crippen molar-refractivity contribution in [1.29, 1.82) is 0 Å². The predicted molar refractivity (Wildman–Crippen MR) is 113 cm³/mol. The Hall–Kier alpha value is -2.13. The van der Waals surface area contributed by atoms with Crippen molar-refractivity contribution in [3.63, 3.8) is 0 Å². The summed E-state index contributed by atoms with van der Waals surface area (Å²) in [5, 5.41) is 0. The number of hydrogen-bond acceptors (Lipinski definition) is 2. The Morgan fingerprint density at radius 3 is 1.59 bits per heavy atom. The maximum atomic E-state index is 13.2. The third-order valence-electron chi connectivity index (χ3n) is 4.80. The molecule has 0 saturated heterocycles. The first kappa shape index (κ1) is 21.2. The van der Waals surface area contributed by atoms with Crippen LogP contribution in [0.25, 0.3) is 0 Å². The van der Waals surface area contributed by atoms with Gasteiger partial charge in [0.2, 0.25) is 5.91 Å². The third-order valence-corrected chi connectivity index (χ3v) is 4.80. The van der Waals surface area contributed by atoms with Crippen molar-refractivity contribution in [2.24, 2.45) is 0 Å². The number of amides is 1. The molecule has 27 heavy (non-hydrogen) atoms. The lowest BCUT2D eigenvalue weighted by molar-refractivity contribution is -0.133. The average molecular weight is 367 g/mol. The normalized spacial score (nSPS) is 10.9. The maximum Gasteiger partial charge on any atom is 0.237 e. The summed E-state index contributed by atoms with van der Waals surface area (Å²) in [6.07, 6.45) is 4.62. The van der Waals surface area contributed by atoms with E-state index in [1.54, 1.807) is 0 Å². The van der Waals surface area contributed by atoms with Crippen LogP contribution < -0.4 is 0 Å². The summed E-state index contributed by atoms with van der Waals surface area (Å²) in [6.45, 7) is 8.25. The van der Waals surface area contributed by atoms with Crippen LogP contribution in [0.5, 0.6) is 0 Å². The fraction of sp³-hybridized carbons (Fsp3) is 0.458. The highest BCUT2D eigenvalue weighted by Gasteiger charge is 2.18. The summed E-state index contributed by atoms with van der Waals surface area (Å²) in [5.41, 5.74) is 2.35. The van der Waals surface area contributed by atoms with E-state index < -0.39 is 0 Å². The molecule has 0 unspecified atom stereocenters. The molecule has 3 heteroatoms. The van der Waals surface area contributed by atoms with Gasteiger partial charge in [0.1, 0.15) is 0 Å². The summed E-state index contributed by atoms with van der Waals surface area (Å²) in [4.78, 5) is 17.5. The van der Waals surface area contributed by atoms with Crippen LogP contribution in [0, 0.1) is 0 Å². The Morgan fingerprint density at radius 1 is 0.741 bits per heavy atom. The van der Waals surface area contributed by atoms with Gasteiger partial charge in [-0.3, -0.25) is 9.69 Å².